The predicted octanol–water partition coefficient (Wildman–Crippen LogP) is 2.64. The fraction of sp³-hybridized carbons (Fsp3) is 1.00. The largest absolute Gasteiger partial charge is 0.317 e. The van der Waals surface area contributed by atoms with E-state index < -0.39 is 0 Å². The highest BCUT2D eigenvalue weighted by Gasteiger charge is 2.17. The van der Waals surface area contributed by atoms with E-state index in [9.17, 15) is 0 Å². The number of nitrogens with one attached hydrogen (secondary N) is 1. The summed E-state index contributed by atoms with van der Waals surface area (Å²) in [5, 5.41) is 3.56. The average Bonchev–Trinajstić information content (AvgIpc) is 2.25. The highest BCUT2D eigenvalue weighted by atomic mass is 15.1. The van der Waals surface area contributed by atoms with E-state index in [1.165, 1.54) is 64.6 Å². The second kappa shape index (κ2) is 8.12. The zero-order chi connectivity index (χ0) is 10.9. The molecule has 1 heterocycles. The number of hydrogen-bond donors (Lipinski definition) is 1. The summed E-state index contributed by atoms with van der Waals surface area (Å²) >= 11 is 0. The van der Waals surface area contributed by atoms with Crippen molar-refractivity contribution in [3.05, 3.63) is 0 Å². The first kappa shape index (κ1) is 13.0. The fourth-order valence-electron chi connectivity index (χ4n) is 2.40. The van der Waals surface area contributed by atoms with Crippen molar-refractivity contribution in [1.82, 2.24) is 10.2 Å². The van der Waals surface area contributed by atoms with E-state index in [1.807, 2.05) is 0 Å². The molecule has 0 aromatic heterocycles. The number of rotatable bonds is 7. The van der Waals surface area contributed by atoms with Crippen LogP contribution in [0.5, 0.6) is 0 Å². The maximum atomic E-state index is 3.56. The predicted molar refractivity (Wildman–Crippen MR) is 67.3 cm³/mol. The third-order valence-electron chi connectivity index (χ3n) is 3.53. The average molecular weight is 212 g/mol. The molecule has 0 saturated carbocycles. The summed E-state index contributed by atoms with van der Waals surface area (Å²) in [6, 6.07) is 0.845. The molecule has 1 aliphatic heterocycles. The van der Waals surface area contributed by atoms with E-state index in [-0.39, 0.29) is 0 Å². The molecule has 0 spiro atoms. The van der Waals surface area contributed by atoms with Crippen molar-refractivity contribution < 1.29 is 0 Å². The summed E-state index contributed by atoms with van der Waals surface area (Å²) in [5.74, 6) is 0. The van der Waals surface area contributed by atoms with Crippen LogP contribution >= 0.6 is 0 Å². The van der Waals surface area contributed by atoms with Crippen molar-refractivity contribution in [2.24, 2.45) is 0 Å². The van der Waals surface area contributed by atoms with Gasteiger partial charge in [-0.25, -0.2) is 0 Å². The highest BCUT2D eigenvalue weighted by Crippen LogP contribution is 2.16. The Bertz CT molecular complexity index is 147. The van der Waals surface area contributed by atoms with E-state index in [0.29, 0.717) is 0 Å². The first-order valence-corrected chi connectivity index (χ1v) is 6.75. The molecule has 2 nitrogen and oxygen atoms in total. The quantitative estimate of drug-likeness (QED) is 0.653. The van der Waals surface area contributed by atoms with Crippen LogP contribution in [-0.4, -0.2) is 37.6 Å². The van der Waals surface area contributed by atoms with Crippen LogP contribution in [0.25, 0.3) is 0 Å². The molecule has 1 atom stereocenters. The summed E-state index contributed by atoms with van der Waals surface area (Å²) in [5.41, 5.74) is 0. The van der Waals surface area contributed by atoms with Gasteiger partial charge in [-0.3, -0.25) is 0 Å². The van der Waals surface area contributed by atoms with Gasteiger partial charge in [0.05, 0.1) is 0 Å². The van der Waals surface area contributed by atoms with E-state index in [1.54, 1.807) is 0 Å². The summed E-state index contributed by atoms with van der Waals surface area (Å²) in [4.78, 5) is 2.54. The number of nitrogens with zero attached hydrogens (tertiary/aromatic N) is 1. The second-order valence-corrected chi connectivity index (χ2v) is 4.88. The molecule has 0 aliphatic carbocycles. The van der Waals surface area contributed by atoms with Crippen LogP contribution in [-0.2, 0) is 0 Å². The molecule has 2 heteroatoms. The van der Waals surface area contributed by atoms with E-state index in [2.05, 4.69) is 24.2 Å². The number of unbranched alkanes of at least 4 members (excludes halogenated alkanes) is 2. The van der Waals surface area contributed by atoms with Crippen molar-refractivity contribution in [1.29, 1.82) is 0 Å². The number of likely N-dealkylation sites (tertiary alicyclic amines) is 1. The molecular formula is C13H28N2. The fourth-order valence-corrected chi connectivity index (χ4v) is 2.40. The Hall–Kier alpha value is -0.0800. The van der Waals surface area contributed by atoms with Gasteiger partial charge in [-0.15, -0.1) is 0 Å². The smallest absolute Gasteiger partial charge is 0.0104 e. The van der Waals surface area contributed by atoms with Crippen molar-refractivity contribution in [2.45, 2.75) is 57.9 Å². The van der Waals surface area contributed by atoms with Crippen LogP contribution in [0.2, 0.25) is 0 Å². The van der Waals surface area contributed by atoms with Gasteiger partial charge in [0.2, 0.25) is 0 Å². The Morgan fingerprint density at radius 1 is 1.20 bits per heavy atom. The normalized spacial score (nSPS) is 23.2. The number of hydrogen-bond acceptors (Lipinski definition) is 2. The van der Waals surface area contributed by atoms with Crippen LogP contribution in [0.15, 0.2) is 0 Å². The lowest BCUT2D eigenvalue weighted by Gasteiger charge is -2.32. The third kappa shape index (κ3) is 5.53. The Kier molecular flexibility index (Phi) is 7.03. The number of piperidine rings is 1. The third-order valence-corrected chi connectivity index (χ3v) is 3.53. The van der Waals surface area contributed by atoms with Crippen LogP contribution in [0, 0.1) is 0 Å². The van der Waals surface area contributed by atoms with E-state index in [0.717, 1.165) is 6.04 Å². The molecule has 0 aromatic carbocycles. The van der Waals surface area contributed by atoms with Gasteiger partial charge in [0.25, 0.3) is 0 Å². The first-order chi connectivity index (χ1) is 7.34. The second-order valence-electron chi connectivity index (χ2n) is 4.88. The molecule has 1 unspecified atom stereocenters. The van der Waals surface area contributed by atoms with Gasteiger partial charge in [-0.2, -0.15) is 0 Å². The molecule has 90 valence electrons. The standard InChI is InChI=1S/C13H28N2/c1-3-4-6-10-14-11-9-13-8-5-7-12-15(13)2/h13-14H,3-12H2,1-2H3. The van der Waals surface area contributed by atoms with E-state index in [4.69, 9.17) is 0 Å². The first-order valence-electron chi connectivity index (χ1n) is 6.75. The zero-order valence-electron chi connectivity index (χ0n) is 10.6. The van der Waals surface area contributed by atoms with Crippen molar-refractivity contribution >= 4 is 0 Å². The summed E-state index contributed by atoms with van der Waals surface area (Å²) in [6.07, 6.45) is 9.62. The molecule has 1 aliphatic rings. The van der Waals surface area contributed by atoms with Crippen LogP contribution in [0.4, 0.5) is 0 Å². The minimum atomic E-state index is 0.845. The maximum absolute atomic E-state index is 3.56. The Morgan fingerprint density at radius 3 is 2.80 bits per heavy atom. The van der Waals surface area contributed by atoms with E-state index >= 15 is 0 Å². The molecule has 1 fully saturated rings. The molecule has 1 rings (SSSR count). The Balaban J connectivity index is 1.94. The van der Waals surface area contributed by atoms with Crippen LogP contribution in [0.1, 0.15) is 51.9 Å². The van der Waals surface area contributed by atoms with Crippen LogP contribution < -0.4 is 5.32 Å². The van der Waals surface area contributed by atoms with Crippen molar-refractivity contribution in [2.75, 3.05) is 26.7 Å². The zero-order valence-corrected chi connectivity index (χ0v) is 10.6. The maximum Gasteiger partial charge on any atom is 0.0104 e. The lowest BCUT2D eigenvalue weighted by Crippen LogP contribution is -2.38. The minimum Gasteiger partial charge on any atom is -0.317 e. The van der Waals surface area contributed by atoms with Gasteiger partial charge >= 0.3 is 0 Å². The van der Waals surface area contributed by atoms with Gasteiger partial charge in [0, 0.05) is 6.04 Å². The summed E-state index contributed by atoms with van der Waals surface area (Å²) < 4.78 is 0. The van der Waals surface area contributed by atoms with Gasteiger partial charge in [0.15, 0.2) is 0 Å². The summed E-state index contributed by atoms with van der Waals surface area (Å²) in [7, 11) is 2.28. The Morgan fingerprint density at radius 2 is 2.07 bits per heavy atom. The topological polar surface area (TPSA) is 15.3 Å². The molecular weight excluding hydrogens is 184 g/mol. The molecule has 1 saturated heterocycles. The van der Waals surface area contributed by atoms with Gasteiger partial charge in [-0.1, -0.05) is 26.2 Å². The lowest BCUT2D eigenvalue weighted by atomic mass is 10.0. The molecule has 0 radical (unpaired) electrons. The lowest BCUT2D eigenvalue weighted by molar-refractivity contribution is 0.175. The molecule has 15 heavy (non-hydrogen) atoms. The van der Waals surface area contributed by atoms with Gasteiger partial charge in [-0.05, 0) is 52.4 Å². The van der Waals surface area contributed by atoms with Crippen LogP contribution in [0.3, 0.4) is 0 Å². The highest BCUT2D eigenvalue weighted by molar-refractivity contribution is 4.74. The molecule has 0 amide bonds. The molecule has 1 N–H and O–H groups in total. The molecule has 0 aromatic rings. The Labute approximate surface area is 95.4 Å². The SMILES string of the molecule is CCCCCNCCC1CCCCN1C. The minimum absolute atomic E-state index is 0.845. The molecule has 0 bridgehead atoms. The van der Waals surface area contributed by atoms with Crippen molar-refractivity contribution in [3.8, 4) is 0 Å². The van der Waals surface area contributed by atoms with Gasteiger partial charge < -0.3 is 10.2 Å². The monoisotopic (exact) mass is 212 g/mol. The van der Waals surface area contributed by atoms with Crippen molar-refractivity contribution in [3.63, 3.8) is 0 Å². The summed E-state index contributed by atoms with van der Waals surface area (Å²) in [6.45, 7) is 5.99. The van der Waals surface area contributed by atoms with Gasteiger partial charge in [0.1, 0.15) is 0 Å².